The van der Waals surface area contributed by atoms with Gasteiger partial charge in [-0.2, -0.15) is 0 Å². The lowest BCUT2D eigenvalue weighted by Gasteiger charge is -2.30. The highest BCUT2D eigenvalue weighted by atomic mass is 16.6. The topological polar surface area (TPSA) is 93.9 Å². The summed E-state index contributed by atoms with van der Waals surface area (Å²) in [6.45, 7) is 7.02. The summed E-state index contributed by atoms with van der Waals surface area (Å²) in [5, 5.41) is 14.1. The van der Waals surface area contributed by atoms with E-state index in [1.54, 1.807) is 30.3 Å². The molecule has 3 rings (SSSR count). The zero-order chi connectivity index (χ0) is 20.8. The maximum absolute atomic E-state index is 12.7. The lowest BCUT2D eigenvalue weighted by molar-refractivity contribution is -0.384. The number of carbonyl (C=O) groups is 1. The van der Waals surface area contributed by atoms with Crippen LogP contribution in [0.15, 0.2) is 42.5 Å². The molecule has 1 aliphatic rings. The minimum absolute atomic E-state index is 0.0175. The van der Waals surface area contributed by atoms with Gasteiger partial charge in [0.05, 0.1) is 36.1 Å². The van der Waals surface area contributed by atoms with Crippen LogP contribution in [0.3, 0.4) is 0 Å². The molecule has 8 nitrogen and oxygen atoms in total. The van der Waals surface area contributed by atoms with Crippen LogP contribution in [-0.2, 0) is 4.74 Å². The van der Waals surface area contributed by atoms with Crippen molar-refractivity contribution in [1.82, 2.24) is 0 Å². The molecule has 1 amide bonds. The Balaban J connectivity index is 1.77. The Kier molecular flexibility index (Phi) is 6.66. The number of carbonyl (C=O) groups excluding carboxylic acids is 1. The van der Waals surface area contributed by atoms with E-state index in [4.69, 9.17) is 9.47 Å². The fourth-order valence-corrected chi connectivity index (χ4v) is 2.97. The zero-order valence-electron chi connectivity index (χ0n) is 16.6. The van der Waals surface area contributed by atoms with Gasteiger partial charge in [0.1, 0.15) is 5.75 Å². The van der Waals surface area contributed by atoms with E-state index >= 15 is 0 Å². The summed E-state index contributed by atoms with van der Waals surface area (Å²) in [6, 6.07) is 11.4. The first-order valence-corrected chi connectivity index (χ1v) is 9.59. The van der Waals surface area contributed by atoms with Crippen LogP contribution in [0, 0.1) is 16.0 Å². The van der Waals surface area contributed by atoms with E-state index in [-0.39, 0.29) is 11.6 Å². The second-order valence-corrected chi connectivity index (χ2v) is 7.24. The average Bonchev–Trinajstić information content (AvgIpc) is 2.73. The third-order valence-corrected chi connectivity index (χ3v) is 4.49. The monoisotopic (exact) mass is 399 g/mol. The third-order valence-electron chi connectivity index (χ3n) is 4.49. The first-order chi connectivity index (χ1) is 13.9. The lowest BCUT2D eigenvalue weighted by Crippen LogP contribution is -2.36. The number of anilines is 2. The molecule has 154 valence electrons. The van der Waals surface area contributed by atoms with Gasteiger partial charge in [-0.15, -0.1) is 0 Å². The Hall–Kier alpha value is -3.13. The summed E-state index contributed by atoms with van der Waals surface area (Å²) in [5.74, 6) is 0.835. The van der Waals surface area contributed by atoms with E-state index in [9.17, 15) is 14.9 Å². The fourth-order valence-electron chi connectivity index (χ4n) is 2.97. The Bertz CT molecular complexity index is 861. The van der Waals surface area contributed by atoms with Gasteiger partial charge in [-0.1, -0.05) is 13.8 Å². The number of nitro groups is 1. The van der Waals surface area contributed by atoms with Gasteiger partial charge in [-0.05, 0) is 36.2 Å². The Morgan fingerprint density at radius 3 is 2.52 bits per heavy atom. The Labute approximate surface area is 169 Å². The van der Waals surface area contributed by atoms with Crippen molar-refractivity contribution in [1.29, 1.82) is 0 Å². The summed E-state index contributed by atoms with van der Waals surface area (Å²) < 4.78 is 11.0. The minimum Gasteiger partial charge on any atom is -0.493 e. The molecule has 8 heteroatoms. The maximum atomic E-state index is 12.7. The molecule has 0 spiro atoms. The third kappa shape index (κ3) is 5.45. The number of nitrogens with one attached hydrogen (secondary N) is 1. The van der Waals surface area contributed by atoms with Crippen molar-refractivity contribution >= 4 is 23.0 Å². The largest absolute Gasteiger partial charge is 0.493 e. The summed E-state index contributed by atoms with van der Waals surface area (Å²) in [6.07, 6.45) is 0. The smallest absolute Gasteiger partial charge is 0.271 e. The number of amides is 1. The van der Waals surface area contributed by atoms with Gasteiger partial charge in [0, 0.05) is 30.8 Å². The summed E-state index contributed by atoms with van der Waals surface area (Å²) in [7, 11) is 0. The molecule has 0 bridgehead atoms. The number of non-ortho nitro benzene ring substituents is 1. The number of ether oxygens (including phenoxy) is 2. The first kappa shape index (κ1) is 20.6. The molecular weight excluding hydrogens is 374 g/mol. The highest BCUT2D eigenvalue weighted by Gasteiger charge is 2.20. The number of rotatable bonds is 7. The van der Waals surface area contributed by atoms with E-state index in [1.807, 2.05) is 4.90 Å². The number of hydrogen-bond acceptors (Lipinski definition) is 6. The van der Waals surface area contributed by atoms with E-state index < -0.39 is 4.92 Å². The second kappa shape index (κ2) is 9.38. The molecule has 1 fully saturated rings. The van der Waals surface area contributed by atoms with Gasteiger partial charge >= 0.3 is 0 Å². The predicted octanol–water partition coefficient (Wildman–Crippen LogP) is 3.72. The van der Waals surface area contributed by atoms with E-state index in [2.05, 4.69) is 19.2 Å². The summed E-state index contributed by atoms with van der Waals surface area (Å²) >= 11 is 0. The molecule has 1 heterocycles. The lowest BCUT2D eigenvalue weighted by atomic mass is 10.1. The molecule has 0 radical (unpaired) electrons. The van der Waals surface area contributed by atoms with Gasteiger partial charge in [0.15, 0.2) is 0 Å². The zero-order valence-corrected chi connectivity index (χ0v) is 16.6. The van der Waals surface area contributed by atoms with Gasteiger partial charge < -0.3 is 19.7 Å². The number of morpholine rings is 1. The molecule has 0 atom stereocenters. The van der Waals surface area contributed by atoms with Crippen LogP contribution in [0.4, 0.5) is 17.1 Å². The molecule has 2 aromatic rings. The normalized spacial score (nSPS) is 14.0. The van der Waals surface area contributed by atoms with Gasteiger partial charge in [-0.3, -0.25) is 14.9 Å². The van der Waals surface area contributed by atoms with Crippen molar-refractivity contribution in [2.24, 2.45) is 5.92 Å². The molecule has 1 saturated heterocycles. The molecule has 29 heavy (non-hydrogen) atoms. The highest BCUT2D eigenvalue weighted by molar-refractivity contribution is 6.06. The van der Waals surface area contributed by atoms with Crippen molar-refractivity contribution in [3.8, 4) is 5.75 Å². The highest BCUT2D eigenvalue weighted by Crippen LogP contribution is 2.31. The molecule has 0 saturated carbocycles. The van der Waals surface area contributed by atoms with Crippen LogP contribution in [0.1, 0.15) is 24.2 Å². The van der Waals surface area contributed by atoms with Crippen LogP contribution in [-0.4, -0.2) is 43.7 Å². The van der Waals surface area contributed by atoms with E-state index in [0.717, 1.165) is 0 Å². The van der Waals surface area contributed by atoms with Crippen LogP contribution in [0.2, 0.25) is 0 Å². The SMILES string of the molecule is CC(C)COc1ccc(C(=O)Nc2ccc([N+](=O)[O-])cc2N2CCOCC2)cc1. The quantitative estimate of drug-likeness (QED) is 0.563. The molecule has 0 aromatic heterocycles. The van der Waals surface area contributed by atoms with Crippen LogP contribution >= 0.6 is 0 Å². The Morgan fingerprint density at radius 2 is 1.90 bits per heavy atom. The molecule has 1 N–H and O–H groups in total. The predicted molar refractivity (Wildman–Crippen MR) is 111 cm³/mol. The maximum Gasteiger partial charge on any atom is 0.271 e. The molecule has 0 unspecified atom stereocenters. The van der Waals surface area contributed by atoms with Gasteiger partial charge in [0.25, 0.3) is 11.6 Å². The van der Waals surface area contributed by atoms with Crippen LogP contribution < -0.4 is 15.0 Å². The molecule has 1 aliphatic heterocycles. The number of hydrogen-bond donors (Lipinski definition) is 1. The van der Waals surface area contributed by atoms with Crippen molar-refractivity contribution < 1.29 is 19.2 Å². The second-order valence-electron chi connectivity index (χ2n) is 7.24. The van der Waals surface area contributed by atoms with Gasteiger partial charge in [0.2, 0.25) is 0 Å². The fraction of sp³-hybridized carbons (Fsp3) is 0.381. The molecule has 2 aromatic carbocycles. The van der Waals surface area contributed by atoms with E-state index in [0.29, 0.717) is 61.5 Å². The van der Waals surface area contributed by atoms with Crippen LogP contribution in [0.25, 0.3) is 0 Å². The van der Waals surface area contributed by atoms with E-state index in [1.165, 1.54) is 12.1 Å². The summed E-state index contributed by atoms with van der Waals surface area (Å²) in [4.78, 5) is 25.4. The van der Waals surface area contributed by atoms with Crippen molar-refractivity contribution in [3.63, 3.8) is 0 Å². The van der Waals surface area contributed by atoms with Crippen LogP contribution in [0.5, 0.6) is 5.75 Å². The van der Waals surface area contributed by atoms with Crippen molar-refractivity contribution in [2.75, 3.05) is 43.1 Å². The number of nitro benzene ring substituents is 1. The number of nitrogens with zero attached hydrogens (tertiary/aromatic N) is 2. The van der Waals surface area contributed by atoms with Crippen molar-refractivity contribution in [2.45, 2.75) is 13.8 Å². The minimum atomic E-state index is -0.439. The van der Waals surface area contributed by atoms with Gasteiger partial charge in [-0.25, -0.2) is 0 Å². The Morgan fingerprint density at radius 1 is 1.21 bits per heavy atom. The molecule has 0 aliphatic carbocycles. The first-order valence-electron chi connectivity index (χ1n) is 9.59. The van der Waals surface area contributed by atoms with Crippen molar-refractivity contribution in [3.05, 3.63) is 58.1 Å². The number of benzene rings is 2. The molecular formula is C21H25N3O5. The standard InChI is InChI=1S/C21H25N3O5/c1-15(2)14-29-18-6-3-16(4-7-18)21(25)22-19-8-5-17(24(26)27)13-20(19)23-9-11-28-12-10-23/h3-8,13,15H,9-12,14H2,1-2H3,(H,22,25). The summed E-state index contributed by atoms with van der Waals surface area (Å²) in [5.41, 5.74) is 1.61. The average molecular weight is 399 g/mol.